The molecule has 0 heterocycles. The Morgan fingerprint density at radius 1 is 1.39 bits per heavy atom. The van der Waals surface area contributed by atoms with Gasteiger partial charge in [0.25, 0.3) is 0 Å². The summed E-state index contributed by atoms with van der Waals surface area (Å²) in [5, 5.41) is 8.69. The van der Waals surface area contributed by atoms with Gasteiger partial charge in [0, 0.05) is 10.9 Å². The molecule has 0 aromatic heterocycles. The van der Waals surface area contributed by atoms with Crippen molar-refractivity contribution in [2.45, 2.75) is 12.8 Å². The van der Waals surface area contributed by atoms with Crippen LogP contribution in [0.25, 0.3) is 0 Å². The molecule has 0 saturated heterocycles. The second-order valence-corrected chi connectivity index (χ2v) is 4.36. The standard InChI is InChI=1S/C12H13BrO5/c1-17-11-7(3-4-10(15)16)5-9(13)8(6-14)12(11)18-2/h5-6H,3-4H2,1-2H3,(H,15,16). The summed E-state index contributed by atoms with van der Waals surface area (Å²) in [7, 11) is 2.88. The first-order valence-electron chi connectivity index (χ1n) is 5.15. The average molecular weight is 317 g/mol. The van der Waals surface area contributed by atoms with Crippen LogP contribution in [-0.4, -0.2) is 31.6 Å². The van der Waals surface area contributed by atoms with Gasteiger partial charge in [0.15, 0.2) is 17.8 Å². The predicted molar refractivity (Wildman–Crippen MR) is 68.6 cm³/mol. The quantitative estimate of drug-likeness (QED) is 0.815. The largest absolute Gasteiger partial charge is 0.493 e. The van der Waals surface area contributed by atoms with E-state index < -0.39 is 5.97 Å². The van der Waals surface area contributed by atoms with Gasteiger partial charge < -0.3 is 14.6 Å². The highest BCUT2D eigenvalue weighted by Gasteiger charge is 2.18. The molecule has 0 bridgehead atoms. The molecule has 1 N–H and O–H groups in total. The summed E-state index contributed by atoms with van der Waals surface area (Å²) in [5.74, 6) is -0.196. The van der Waals surface area contributed by atoms with E-state index in [1.165, 1.54) is 14.2 Å². The number of aldehydes is 1. The summed E-state index contributed by atoms with van der Waals surface area (Å²) in [6.45, 7) is 0. The number of carboxylic acid groups (broad SMARTS) is 1. The second kappa shape index (κ2) is 6.39. The number of carbonyl (C=O) groups excluding carboxylic acids is 1. The molecule has 0 aliphatic carbocycles. The predicted octanol–water partition coefficient (Wildman–Crippen LogP) is 2.30. The van der Waals surface area contributed by atoms with Crippen molar-refractivity contribution in [1.82, 2.24) is 0 Å². The van der Waals surface area contributed by atoms with E-state index in [9.17, 15) is 9.59 Å². The number of ether oxygens (including phenoxy) is 2. The molecule has 98 valence electrons. The van der Waals surface area contributed by atoms with Crippen molar-refractivity contribution in [2.24, 2.45) is 0 Å². The Morgan fingerprint density at radius 2 is 2.00 bits per heavy atom. The van der Waals surface area contributed by atoms with Gasteiger partial charge in [0.05, 0.1) is 19.8 Å². The van der Waals surface area contributed by atoms with Crippen LogP contribution in [0.1, 0.15) is 22.3 Å². The smallest absolute Gasteiger partial charge is 0.303 e. The highest BCUT2D eigenvalue weighted by atomic mass is 79.9. The first-order chi connectivity index (χ1) is 8.54. The Bertz CT molecular complexity index is 470. The van der Waals surface area contributed by atoms with Gasteiger partial charge in [-0.25, -0.2) is 0 Å². The fourth-order valence-corrected chi connectivity index (χ4v) is 2.19. The van der Waals surface area contributed by atoms with Crippen LogP contribution < -0.4 is 9.47 Å². The summed E-state index contributed by atoms with van der Waals surface area (Å²) in [5.41, 5.74) is 1.02. The number of carboxylic acids is 1. The Kier molecular flexibility index (Phi) is 5.15. The third kappa shape index (κ3) is 3.01. The van der Waals surface area contributed by atoms with E-state index in [-0.39, 0.29) is 6.42 Å². The molecule has 0 spiro atoms. The summed E-state index contributed by atoms with van der Waals surface area (Å²) in [6.07, 6.45) is 0.936. The van der Waals surface area contributed by atoms with Crippen molar-refractivity contribution in [1.29, 1.82) is 0 Å². The van der Waals surface area contributed by atoms with Gasteiger partial charge in [0.1, 0.15) is 0 Å². The number of rotatable bonds is 6. The molecular formula is C12H13BrO5. The topological polar surface area (TPSA) is 72.8 Å². The summed E-state index contributed by atoms with van der Waals surface area (Å²) >= 11 is 3.26. The van der Waals surface area contributed by atoms with E-state index in [4.69, 9.17) is 14.6 Å². The van der Waals surface area contributed by atoms with Crippen LogP contribution in [0.5, 0.6) is 11.5 Å². The number of aliphatic carboxylic acids is 1. The fourth-order valence-electron chi connectivity index (χ4n) is 1.64. The number of methoxy groups -OCH3 is 2. The number of carbonyl (C=O) groups is 2. The Hall–Kier alpha value is -1.56. The summed E-state index contributed by atoms with van der Waals surface area (Å²) in [6, 6.07) is 1.67. The number of halogens is 1. The zero-order valence-corrected chi connectivity index (χ0v) is 11.6. The molecular weight excluding hydrogens is 304 g/mol. The van der Waals surface area contributed by atoms with Crippen molar-refractivity contribution in [3.63, 3.8) is 0 Å². The molecule has 6 heteroatoms. The number of hydrogen-bond acceptors (Lipinski definition) is 4. The van der Waals surface area contributed by atoms with Crippen LogP contribution in [0.3, 0.4) is 0 Å². The van der Waals surface area contributed by atoms with E-state index in [1.54, 1.807) is 6.07 Å². The first kappa shape index (κ1) is 14.5. The molecule has 1 aromatic rings. The van der Waals surface area contributed by atoms with Crippen molar-refractivity contribution in [3.05, 3.63) is 21.7 Å². The van der Waals surface area contributed by atoms with Crippen LogP contribution >= 0.6 is 15.9 Å². The Morgan fingerprint density at radius 3 is 2.44 bits per heavy atom. The molecule has 1 rings (SSSR count). The van der Waals surface area contributed by atoms with Gasteiger partial charge in [-0.05, 0) is 34.0 Å². The second-order valence-electron chi connectivity index (χ2n) is 3.51. The molecule has 5 nitrogen and oxygen atoms in total. The van der Waals surface area contributed by atoms with Crippen LogP contribution in [0.2, 0.25) is 0 Å². The van der Waals surface area contributed by atoms with Crippen LogP contribution in [0.15, 0.2) is 10.5 Å². The molecule has 0 unspecified atom stereocenters. The minimum Gasteiger partial charge on any atom is -0.493 e. The maximum absolute atomic E-state index is 11.0. The number of hydrogen-bond donors (Lipinski definition) is 1. The highest BCUT2D eigenvalue weighted by molar-refractivity contribution is 9.10. The molecule has 0 fully saturated rings. The van der Waals surface area contributed by atoms with E-state index in [0.29, 0.717) is 39.8 Å². The zero-order valence-electron chi connectivity index (χ0n) is 10.0. The van der Waals surface area contributed by atoms with Crippen molar-refractivity contribution in [2.75, 3.05) is 14.2 Å². The monoisotopic (exact) mass is 316 g/mol. The van der Waals surface area contributed by atoms with Gasteiger partial charge >= 0.3 is 5.97 Å². The molecule has 0 amide bonds. The van der Waals surface area contributed by atoms with E-state index in [2.05, 4.69) is 15.9 Å². The SMILES string of the molecule is COc1c(CCC(=O)O)cc(Br)c(C=O)c1OC. The summed E-state index contributed by atoms with van der Waals surface area (Å²) < 4.78 is 10.9. The molecule has 18 heavy (non-hydrogen) atoms. The lowest BCUT2D eigenvalue weighted by Gasteiger charge is -2.15. The van der Waals surface area contributed by atoms with Crippen LogP contribution in [-0.2, 0) is 11.2 Å². The third-order valence-corrected chi connectivity index (χ3v) is 3.09. The molecule has 1 aromatic carbocycles. The molecule has 0 atom stereocenters. The molecule has 0 saturated carbocycles. The van der Waals surface area contributed by atoms with E-state index >= 15 is 0 Å². The maximum atomic E-state index is 11.0. The number of benzene rings is 1. The zero-order chi connectivity index (χ0) is 13.7. The average Bonchev–Trinajstić information content (AvgIpc) is 2.34. The van der Waals surface area contributed by atoms with Crippen LogP contribution in [0, 0.1) is 0 Å². The first-order valence-corrected chi connectivity index (χ1v) is 5.94. The van der Waals surface area contributed by atoms with E-state index in [0.717, 1.165) is 0 Å². The summed E-state index contributed by atoms with van der Waals surface area (Å²) in [4.78, 5) is 21.6. The lowest BCUT2D eigenvalue weighted by Crippen LogP contribution is -2.03. The third-order valence-electron chi connectivity index (χ3n) is 2.44. The van der Waals surface area contributed by atoms with Gasteiger partial charge in [-0.15, -0.1) is 0 Å². The molecule has 0 aliphatic heterocycles. The van der Waals surface area contributed by atoms with E-state index in [1.807, 2.05) is 0 Å². The maximum Gasteiger partial charge on any atom is 0.303 e. The van der Waals surface area contributed by atoms with Gasteiger partial charge in [-0.1, -0.05) is 0 Å². The minimum absolute atomic E-state index is 0.0214. The normalized spacial score (nSPS) is 9.94. The Balaban J connectivity index is 3.29. The lowest BCUT2D eigenvalue weighted by atomic mass is 10.0. The highest BCUT2D eigenvalue weighted by Crippen LogP contribution is 2.39. The van der Waals surface area contributed by atoms with Crippen molar-refractivity contribution in [3.8, 4) is 11.5 Å². The van der Waals surface area contributed by atoms with Crippen molar-refractivity contribution < 1.29 is 24.2 Å². The van der Waals surface area contributed by atoms with Crippen molar-refractivity contribution >= 4 is 28.2 Å². The molecule has 0 radical (unpaired) electrons. The number of aryl methyl sites for hydroxylation is 1. The Labute approximate surface area is 113 Å². The van der Waals surface area contributed by atoms with Gasteiger partial charge in [0.2, 0.25) is 0 Å². The molecule has 0 aliphatic rings. The van der Waals surface area contributed by atoms with Gasteiger partial charge in [-0.2, -0.15) is 0 Å². The lowest BCUT2D eigenvalue weighted by molar-refractivity contribution is -0.136. The fraction of sp³-hybridized carbons (Fsp3) is 0.333. The minimum atomic E-state index is -0.897. The van der Waals surface area contributed by atoms with Crippen LogP contribution in [0.4, 0.5) is 0 Å². The van der Waals surface area contributed by atoms with Gasteiger partial charge in [-0.3, -0.25) is 9.59 Å².